The molecule has 0 aromatic heterocycles. The molecule has 1 heterocycles. The summed E-state index contributed by atoms with van der Waals surface area (Å²) in [5.74, 6) is -2.58. The van der Waals surface area contributed by atoms with E-state index < -0.39 is 41.8 Å². The van der Waals surface area contributed by atoms with Gasteiger partial charge in [-0.25, -0.2) is 4.79 Å². The van der Waals surface area contributed by atoms with Crippen LogP contribution in [0, 0.1) is 5.92 Å². The molecule has 166 valence electrons. The quantitative estimate of drug-likeness (QED) is 0.260. The Labute approximate surface area is 171 Å². The summed E-state index contributed by atoms with van der Waals surface area (Å²) in [7, 11) is 0. The van der Waals surface area contributed by atoms with Crippen LogP contribution in [-0.2, 0) is 19.2 Å². The van der Waals surface area contributed by atoms with Crippen molar-refractivity contribution in [3.05, 3.63) is 0 Å². The van der Waals surface area contributed by atoms with Crippen molar-refractivity contribution in [3.63, 3.8) is 0 Å². The number of carbonyl (C=O) groups is 4. The lowest BCUT2D eigenvalue weighted by Gasteiger charge is -2.31. The highest BCUT2D eigenvalue weighted by atomic mass is 16.4. The molecule has 4 atom stereocenters. The first kappa shape index (κ1) is 24.8. The topological polar surface area (TPSA) is 168 Å². The summed E-state index contributed by atoms with van der Waals surface area (Å²) in [6.07, 6.45) is 3.33. The lowest BCUT2D eigenvalue weighted by atomic mass is 9.96. The van der Waals surface area contributed by atoms with Gasteiger partial charge in [-0.1, -0.05) is 20.3 Å². The van der Waals surface area contributed by atoms with Crippen LogP contribution < -0.4 is 22.1 Å². The maximum atomic E-state index is 13.1. The first-order chi connectivity index (χ1) is 13.8. The SMILES string of the molecule is CCC(C)C(NC(=O)C(CCCCN)NC(=O)CN)C(=O)N1CCCC1C(=O)O. The number of carboxylic acid groups (broad SMARTS) is 1. The van der Waals surface area contributed by atoms with Crippen molar-refractivity contribution in [2.75, 3.05) is 19.6 Å². The maximum absolute atomic E-state index is 13.1. The average Bonchev–Trinajstić information content (AvgIpc) is 3.20. The van der Waals surface area contributed by atoms with E-state index in [0.29, 0.717) is 51.6 Å². The number of likely N-dealkylation sites (tertiary alicyclic amines) is 1. The average molecular weight is 414 g/mol. The van der Waals surface area contributed by atoms with Gasteiger partial charge in [-0.3, -0.25) is 14.4 Å². The summed E-state index contributed by atoms with van der Waals surface area (Å²) in [6, 6.07) is -2.56. The molecule has 0 aromatic rings. The Bertz CT molecular complexity index is 585. The third kappa shape index (κ3) is 7.28. The molecule has 10 heteroatoms. The van der Waals surface area contributed by atoms with E-state index in [4.69, 9.17) is 11.5 Å². The Morgan fingerprint density at radius 3 is 2.41 bits per heavy atom. The predicted octanol–water partition coefficient (Wildman–Crippen LogP) is -0.835. The van der Waals surface area contributed by atoms with Gasteiger partial charge in [0.1, 0.15) is 18.1 Å². The fraction of sp³-hybridized carbons (Fsp3) is 0.789. The fourth-order valence-corrected chi connectivity index (χ4v) is 3.42. The fourth-order valence-electron chi connectivity index (χ4n) is 3.42. The van der Waals surface area contributed by atoms with E-state index >= 15 is 0 Å². The summed E-state index contributed by atoms with van der Waals surface area (Å²) in [5.41, 5.74) is 10.8. The van der Waals surface area contributed by atoms with Crippen molar-refractivity contribution in [3.8, 4) is 0 Å². The van der Waals surface area contributed by atoms with E-state index in [1.165, 1.54) is 4.90 Å². The van der Waals surface area contributed by atoms with Gasteiger partial charge in [0.2, 0.25) is 17.7 Å². The molecule has 1 rings (SSSR count). The van der Waals surface area contributed by atoms with Crippen LogP contribution in [-0.4, -0.2) is 71.5 Å². The molecule has 1 aliphatic rings. The van der Waals surface area contributed by atoms with Gasteiger partial charge < -0.3 is 32.1 Å². The van der Waals surface area contributed by atoms with Crippen LogP contribution in [0.4, 0.5) is 0 Å². The molecule has 7 N–H and O–H groups in total. The monoisotopic (exact) mass is 413 g/mol. The van der Waals surface area contributed by atoms with Crippen LogP contribution >= 0.6 is 0 Å². The van der Waals surface area contributed by atoms with Crippen molar-refractivity contribution in [2.45, 2.75) is 70.5 Å². The number of nitrogens with one attached hydrogen (secondary N) is 2. The van der Waals surface area contributed by atoms with Gasteiger partial charge in [-0.05, 0) is 44.6 Å². The minimum absolute atomic E-state index is 0.198. The normalized spacial score (nSPS) is 19.3. The zero-order chi connectivity index (χ0) is 22.0. The van der Waals surface area contributed by atoms with Gasteiger partial charge in [0.05, 0.1) is 6.54 Å². The molecule has 29 heavy (non-hydrogen) atoms. The highest BCUT2D eigenvalue weighted by Crippen LogP contribution is 2.21. The van der Waals surface area contributed by atoms with Gasteiger partial charge in [-0.2, -0.15) is 0 Å². The number of hydrogen-bond acceptors (Lipinski definition) is 6. The third-order valence-corrected chi connectivity index (χ3v) is 5.38. The van der Waals surface area contributed by atoms with E-state index in [1.54, 1.807) is 0 Å². The number of amides is 3. The van der Waals surface area contributed by atoms with Crippen LogP contribution in [0.1, 0.15) is 52.4 Å². The molecule has 1 aliphatic heterocycles. The summed E-state index contributed by atoms with van der Waals surface area (Å²) >= 11 is 0. The first-order valence-corrected chi connectivity index (χ1v) is 10.3. The number of nitrogens with two attached hydrogens (primary N) is 2. The van der Waals surface area contributed by atoms with E-state index in [1.807, 2.05) is 13.8 Å². The second kappa shape index (κ2) is 12.4. The van der Waals surface area contributed by atoms with E-state index in [9.17, 15) is 24.3 Å². The summed E-state index contributed by atoms with van der Waals surface area (Å²) in [5, 5.41) is 14.7. The molecule has 1 saturated heterocycles. The number of carboxylic acids is 1. The van der Waals surface area contributed by atoms with Crippen molar-refractivity contribution in [2.24, 2.45) is 17.4 Å². The van der Waals surface area contributed by atoms with Crippen molar-refractivity contribution < 1.29 is 24.3 Å². The van der Waals surface area contributed by atoms with E-state index in [0.717, 1.165) is 0 Å². The molecule has 0 radical (unpaired) electrons. The number of rotatable bonds is 12. The second-order valence-electron chi connectivity index (χ2n) is 7.51. The zero-order valence-corrected chi connectivity index (χ0v) is 17.4. The van der Waals surface area contributed by atoms with E-state index in [2.05, 4.69) is 10.6 Å². The Hall–Kier alpha value is -2.20. The Morgan fingerprint density at radius 2 is 1.86 bits per heavy atom. The zero-order valence-electron chi connectivity index (χ0n) is 17.4. The maximum Gasteiger partial charge on any atom is 0.326 e. The highest BCUT2D eigenvalue weighted by Gasteiger charge is 2.39. The molecule has 10 nitrogen and oxygen atoms in total. The van der Waals surface area contributed by atoms with Gasteiger partial charge in [0.15, 0.2) is 0 Å². The molecular formula is C19H35N5O5. The Morgan fingerprint density at radius 1 is 1.17 bits per heavy atom. The third-order valence-electron chi connectivity index (χ3n) is 5.38. The number of carbonyl (C=O) groups excluding carboxylic acids is 3. The Balaban J connectivity index is 2.95. The van der Waals surface area contributed by atoms with Crippen LogP contribution in [0.3, 0.4) is 0 Å². The first-order valence-electron chi connectivity index (χ1n) is 10.3. The molecule has 1 fully saturated rings. The van der Waals surface area contributed by atoms with Crippen LogP contribution in [0.5, 0.6) is 0 Å². The number of aliphatic carboxylic acids is 1. The molecule has 0 saturated carbocycles. The minimum Gasteiger partial charge on any atom is -0.480 e. The number of unbranched alkanes of at least 4 members (excludes halogenated alkanes) is 1. The number of nitrogens with zero attached hydrogens (tertiary/aromatic N) is 1. The molecule has 0 aromatic carbocycles. The second-order valence-corrected chi connectivity index (χ2v) is 7.51. The lowest BCUT2D eigenvalue weighted by Crippen LogP contribution is -2.58. The van der Waals surface area contributed by atoms with Crippen molar-refractivity contribution >= 4 is 23.7 Å². The molecule has 4 unspecified atom stereocenters. The smallest absolute Gasteiger partial charge is 0.326 e. The molecular weight excluding hydrogens is 378 g/mol. The number of hydrogen-bond donors (Lipinski definition) is 5. The summed E-state index contributed by atoms with van der Waals surface area (Å²) in [4.78, 5) is 50.5. The van der Waals surface area contributed by atoms with Crippen LogP contribution in [0.25, 0.3) is 0 Å². The van der Waals surface area contributed by atoms with Crippen molar-refractivity contribution in [1.82, 2.24) is 15.5 Å². The largest absolute Gasteiger partial charge is 0.480 e. The summed E-state index contributed by atoms with van der Waals surface area (Å²) in [6.45, 7) is 4.30. The van der Waals surface area contributed by atoms with Crippen LogP contribution in [0.2, 0.25) is 0 Å². The van der Waals surface area contributed by atoms with Gasteiger partial charge in [0, 0.05) is 6.54 Å². The summed E-state index contributed by atoms with van der Waals surface area (Å²) < 4.78 is 0. The highest BCUT2D eigenvalue weighted by molar-refractivity contribution is 5.94. The molecule has 0 aliphatic carbocycles. The lowest BCUT2D eigenvalue weighted by molar-refractivity contribution is -0.150. The van der Waals surface area contributed by atoms with Gasteiger partial charge in [-0.15, -0.1) is 0 Å². The minimum atomic E-state index is -1.04. The van der Waals surface area contributed by atoms with Gasteiger partial charge >= 0.3 is 5.97 Å². The van der Waals surface area contributed by atoms with E-state index in [-0.39, 0.29) is 12.5 Å². The molecule has 3 amide bonds. The standard InChI is InChI=1S/C19H35N5O5/c1-3-12(2)16(18(27)24-10-6-8-14(24)19(28)29)23-17(26)13(7-4-5-9-20)22-15(25)11-21/h12-14,16H,3-11,20-21H2,1-2H3,(H,22,25)(H,23,26)(H,28,29). The van der Waals surface area contributed by atoms with Crippen molar-refractivity contribution in [1.29, 1.82) is 0 Å². The predicted molar refractivity (Wildman–Crippen MR) is 108 cm³/mol. The van der Waals surface area contributed by atoms with Crippen LogP contribution in [0.15, 0.2) is 0 Å². The Kier molecular flexibility index (Phi) is 10.6. The molecule has 0 spiro atoms. The van der Waals surface area contributed by atoms with Gasteiger partial charge in [0.25, 0.3) is 0 Å². The molecule has 0 bridgehead atoms.